The zero-order valence-corrected chi connectivity index (χ0v) is 11.3. The third-order valence-corrected chi connectivity index (χ3v) is 3.10. The van der Waals surface area contributed by atoms with Crippen LogP contribution >= 0.6 is 0 Å². The van der Waals surface area contributed by atoms with Gasteiger partial charge in [-0.1, -0.05) is 30.3 Å². The number of amides is 1. The molecule has 1 atom stereocenters. The van der Waals surface area contributed by atoms with Crippen LogP contribution in [0.1, 0.15) is 11.1 Å². The van der Waals surface area contributed by atoms with Crippen molar-refractivity contribution in [2.45, 2.75) is 18.9 Å². The van der Waals surface area contributed by atoms with E-state index in [0.717, 1.165) is 17.5 Å². The lowest BCUT2D eigenvalue weighted by atomic mass is 10.1. The molecule has 0 aliphatic heterocycles. The van der Waals surface area contributed by atoms with Crippen LogP contribution in [0.25, 0.3) is 0 Å². The zero-order valence-electron chi connectivity index (χ0n) is 11.3. The Bertz CT molecular complexity index is 528. The van der Waals surface area contributed by atoms with Crippen LogP contribution in [0.15, 0.2) is 54.9 Å². The van der Waals surface area contributed by atoms with E-state index >= 15 is 0 Å². The number of nitrogens with zero attached hydrogens (tertiary/aromatic N) is 1. The molecule has 4 nitrogen and oxygen atoms in total. The van der Waals surface area contributed by atoms with E-state index < -0.39 is 6.04 Å². The van der Waals surface area contributed by atoms with Gasteiger partial charge in [0.25, 0.3) is 0 Å². The molecule has 1 heterocycles. The monoisotopic (exact) mass is 269 g/mol. The van der Waals surface area contributed by atoms with Crippen molar-refractivity contribution in [1.82, 2.24) is 10.3 Å². The Morgan fingerprint density at radius 1 is 1.10 bits per heavy atom. The minimum atomic E-state index is -0.505. The number of rotatable bonds is 6. The molecular formula is C16H19N3O. The SMILES string of the molecule is N[C@@H](Cc1ccccc1)C(=O)NCCc1ccncc1. The van der Waals surface area contributed by atoms with Crippen LogP contribution < -0.4 is 11.1 Å². The molecule has 104 valence electrons. The molecule has 1 aromatic heterocycles. The number of nitrogens with two attached hydrogens (primary N) is 1. The molecule has 0 saturated carbocycles. The second-order valence-electron chi connectivity index (χ2n) is 4.69. The predicted molar refractivity (Wildman–Crippen MR) is 79.1 cm³/mol. The Morgan fingerprint density at radius 3 is 2.50 bits per heavy atom. The molecule has 0 spiro atoms. The maximum absolute atomic E-state index is 11.9. The number of hydrogen-bond donors (Lipinski definition) is 2. The van der Waals surface area contributed by atoms with Gasteiger partial charge in [0.15, 0.2) is 0 Å². The van der Waals surface area contributed by atoms with Gasteiger partial charge >= 0.3 is 0 Å². The lowest BCUT2D eigenvalue weighted by Crippen LogP contribution is -2.42. The van der Waals surface area contributed by atoms with E-state index in [-0.39, 0.29) is 5.91 Å². The van der Waals surface area contributed by atoms with E-state index in [9.17, 15) is 4.79 Å². The lowest BCUT2D eigenvalue weighted by molar-refractivity contribution is -0.122. The van der Waals surface area contributed by atoms with Gasteiger partial charge in [-0.2, -0.15) is 0 Å². The first kappa shape index (κ1) is 14.2. The summed E-state index contributed by atoms with van der Waals surface area (Å²) in [5.74, 6) is -0.108. The van der Waals surface area contributed by atoms with Crippen LogP contribution in [-0.2, 0) is 17.6 Å². The highest BCUT2D eigenvalue weighted by Crippen LogP contribution is 2.02. The minimum absolute atomic E-state index is 0.108. The molecule has 2 aromatic rings. The van der Waals surface area contributed by atoms with E-state index in [4.69, 9.17) is 5.73 Å². The van der Waals surface area contributed by atoms with Crippen LogP contribution in [0.2, 0.25) is 0 Å². The van der Waals surface area contributed by atoms with Crippen molar-refractivity contribution in [3.63, 3.8) is 0 Å². The van der Waals surface area contributed by atoms with Gasteiger partial charge in [-0.15, -0.1) is 0 Å². The molecule has 1 amide bonds. The second-order valence-corrected chi connectivity index (χ2v) is 4.69. The smallest absolute Gasteiger partial charge is 0.237 e. The molecule has 0 bridgehead atoms. The first-order chi connectivity index (χ1) is 9.75. The van der Waals surface area contributed by atoms with E-state index in [0.29, 0.717) is 13.0 Å². The van der Waals surface area contributed by atoms with Gasteiger partial charge in [0.2, 0.25) is 5.91 Å². The fourth-order valence-corrected chi connectivity index (χ4v) is 1.97. The summed E-state index contributed by atoms with van der Waals surface area (Å²) in [6.07, 6.45) is 4.84. The third-order valence-electron chi connectivity index (χ3n) is 3.10. The quantitative estimate of drug-likeness (QED) is 0.831. The number of pyridine rings is 1. The average molecular weight is 269 g/mol. The highest BCUT2D eigenvalue weighted by molar-refractivity contribution is 5.81. The van der Waals surface area contributed by atoms with E-state index in [1.165, 1.54) is 0 Å². The Morgan fingerprint density at radius 2 is 1.80 bits per heavy atom. The average Bonchev–Trinajstić information content (AvgIpc) is 2.49. The molecule has 0 unspecified atom stereocenters. The molecule has 4 heteroatoms. The summed E-state index contributed by atoms with van der Waals surface area (Å²) in [7, 11) is 0. The molecule has 1 aromatic carbocycles. The number of hydrogen-bond acceptors (Lipinski definition) is 3. The van der Waals surface area contributed by atoms with Crippen molar-refractivity contribution in [2.24, 2.45) is 5.73 Å². The summed E-state index contributed by atoms with van der Waals surface area (Å²) >= 11 is 0. The molecule has 0 fully saturated rings. The van der Waals surface area contributed by atoms with E-state index in [1.807, 2.05) is 42.5 Å². The lowest BCUT2D eigenvalue weighted by Gasteiger charge is -2.12. The van der Waals surface area contributed by atoms with Gasteiger partial charge in [-0.05, 0) is 36.1 Å². The molecule has 3 N–H and O–H groups in total. The highest BCUT2D eigenvalue weighted by Gasteiger charge is 2.13. The standard InChI is InChI=1S/C16H19N3O/c17-15(12-14-4-2-1-3-5-14)16(20)19-11-8-13-6-9-18-10-7-13/h1-7,9-10,15H,8,11-12,17H2,(H,19,20)/t15-/m0/s1. The summed E-state index contributed by atoms with van der Waals surface area (Å²) < 4.78 is 0. The van der Waals surface area contributed by atoms with Crippen molar-refractivity contribution < 1.29 is 4.79 Å². The fraction of sp³-hybridized carbons (Fsp3) is 0.250. The number of carbonyl (C=O) groups excluding carboxylic acids is 1. The number of nitrogens with one attached hydrogen (secondary N) is 1. The third kappa shape index (κ3) is 4.48. The Balaban J connectivity index is 1.74. The van der Waals surface area contributed by atoms with Crippen molar-refractivity contribution in [2.75, 3.05) is 6.54 Å². The van der Waals surface area contributed by atoms with Crippen molar-refractivity contribution in [3.8, 4) is 0 Å². The van der Waals surface area contributed by atoms with Gasteiger partial charge in [0.05, 0.1) is 6.04 Å². The van der Waals surface area contributed by atoms with Crippen LogP contribution in [0.3, 0.4) is 0 Å². The van der Waals surface area contributed by atoms with Crippen molar-refractivity contribution in [1.29, 1.82) is 0 Å². The van der Waals surface area contributed by atoms with Crippen molar-refractivity contribution in [3.05, 3.63) is 66.0 Å². The molecule has 0 radical (unpaired) electrons. The zero-order chi connectivity index (χ0) is 14.2. The predicted octanol–water partition coefficient (Wildman–Crippen LogP) is 1.31. The first-order valence-corrected chi connectivity index (χ1v) is 6.72. The van der Waals surface area contributed by atoms with E-state index in [1.54, 1.807) is 12.4 Å². The van der Waals surface area contributed by atoms with Gasteiger partial charge in [-0.25, -0.2) is 0 Å². The van der Waals surface area contributed by atoms with Crippen LogP contribution in [0.5, 0.6) is 0 Å². The second kappa shape index (κ2) is 7.40. The van der Waals surface area contributed by atoms with Gasteiger partial charge in [0, 0.05) is 18.9 Å². The summed E-state index contributed by atoms with van der Waals surface area (Å²) in [4.78, 5) is 15.8. The molecule has 20 heavy (non-hydrogen) atoms. The highest BCUT2D eigenvalue weighted by atomic mass is 16.2. The minimum Gasteiger partial charge on any atom is -0.354 e. The summed E-state index contributed by atoms with van der Waals surface area (Å²) in [6.45, 7) is 0.589. The van der Waals surface area contributed by atoms with Gasteiger partial charge in [0.1, 0.15) is 0 Å². The van der Waals surface area contributed by atoms with Crippen LogP contribution in [0, 0.1) is 0 Å². The van der Waals surface area contributed by atoms with Gasteiger partial charge < -0.3 is 11.1 Å². The molecule has 0 aliphatic rings. The Hall–Kier alpha value is -2.20. The summed E-state index contributed by atoms with van der Waals surface area (Å²) in [6, 6.07) is 13.2. The largest absolute Gasteiger partial charge is 0.354 e. The van der Waals surface area contributed by atoms with E-state index in [2.05, 4.69) is 10.3 Å². The molecule has 0 saturated heterocycles. The number of carbonyl (C=O) groups is 1. The summed E-state index contributed by atoms with van der Waals surface area (Å²) in [5.41, 5.74) is 8.13. The maximum atomic E-state index is 11.9. The molecular weight excluding hydrogens is 250 g/mol. The normalized spacial score (nSPS) is 11.8. The topological polar surface area (TPSA) is 68.0 Å². The molecule has 0 aliphatic carbocycles. The number of benzene rings is 1. The van der Waals surface area contributed by atoms with Crippen LogP contribution in [0.4, 0.5) is 0 Å². The molecule has 2 rings (SSSR count). The maximum Gasteiger partial charge on any atom is 0.237 e. The number of aromatic nitrogens is 1. The van der Waals surface area contributed by atoms with Crippen LogP contribution in [-0.4, -0.2) is 23.5 Å². The van der Waals surface area contributed by atoms with Crippen molar-refractivity contribution >= 4 is 5.91 Å². The Labute approximate surface area is 119 Å². The first-order valence-electron chi connectivity index (χ1n) is 6.72. The van der Waals surface area contributed by atoms with Gasteiger partial charge in [-0.3, -0.25) is 9.78 Å². The fourth-order valence-electron chi connectivity index (χ4n) is 1.97. The summed E-state index contributed by atoms with van der Waals surface area (Å²) in [5, 5.41) is 2.87. The Kier molecular flexibility index (Phi) is 5.26.